The second kappa shape index (κ2) is 7.76. The van der Waals surface area contributed by atoms with E-state index < -0.39 is 27.8 Å². The lowest BCUT2D eigenvalue weighted by Gasteiger charge is -2.26. The summed E-state index contributed by atoms with van der Waals surface area (Å²) in [6.45, 7) is 5.22. The molecule has 1 amide bonds. The van der Waals surface area contributed by atoms with Gasteiger partial charge >= 0.3 is 0 Å². The second-order valence-corrected chi connectivity index (χ2v) is 7.58. The molecule has 0 aliphatic carbocycles. The minimum Gasteiger partial charge on any atom is -0.325 e. The fraction of sp³-hybridized carbons (Fsp3) is 0.278. The standard InChI is InChI=1S/C18H21FN2O3S/c1-4-21(25(23,24)17-11-7-15(19)8-12-17)14(3)18(22)20-16-9-5-13(2)6-10-16/h5-12,14H,4H2,1-3H3,(H,20,22)/t14-/m0/s1. The number of nitrogens with zero attached hydrogens (tertiary/aromatic N) is 1. The Balaban J connectivity index is 2.21. The minimum absolute atomic E-state index is 0.0502. The predicted octanol–water partition coefficient (Wildman–Crippen LogP) is 3.17. The molecule has 1 N–H and O–H groups in total. The first-order valence-corrected chi connectivity index (χ1v) is 9.34. The number of aryl methyl sites for hydroxylation is 1. The van der Waals surface area contributed by atoms with Crippen LogP contribution in [0.4, 0.5) is 10.1 Å². The van der Waals surface area contributed by atoms with Crippen molar-refractivity contribution >= 4 is 21.6 Å². The SMILES string of the molecule is CCN([C@@H](C)C(=O)Nc1ccc(C)cc1)S(=O)(=O)c1ccc(F)cc1. The van der Waals surface area contributed by atoms with Crippen LogP contribution in [-0.4, -0.2) is 31.2 Å². The summed E-state index contributed by atoms with van der Waals surface area (Å²) in [6.07, 6.45) is 0. The van der Waals surface area contributed by atoms with E-state index in [1.807, 2.05) is 19.1 Å². The summed E-state index contributed by atoms with van der Waals surface area (Å²) >= 11 is 0. The molecule has 7 heteroatoms. The summed E-state index contributed by atoms with van der Waals surface area (Å²) in [6, 6.07) is 10.8. The van der Waals surface area contributed by atoms with E-state index in [1.165, 1.54) is 19.1 Å². The smallest absolute Gasteiger partial charge is 0.243 e. The minimum atomic E-state index is -3.91. The predicted molar refractivity (Wildman–Crippen MR) is 95.2 cm³/mol. The first-order valence-electron chi connectivity index (χ1n) is 7.90. The lowest BCUT2D eigenvalue weighted by Crippen LogP contribution is -2.45. The third-order valence-electron chi connectivity index (χ3n) is 3.86. The van der Waals surface area contributed by atoms with E-state index in [2.05, 4.69) is 5.32 Å². The molecular weight excluding hydrogens is 343 g/mol. The highest BCUT2D eigenvalue weighted by molar-refractivity contribution is 7.89. The van der Waals surface area contributed by atoms with Crippen LogP contribution in [-0.2, 0) is 14.8 Å². The molecule has 0 aromatic heterocycles. The molecule has 0 heterocycles. The summed E-state index contributed by atoms with van der Waals surface area (Å²) in [4.78, 5) is 12.4. The van der Waals surface area contributed by atoms with Gasteiger partial charge in [-0.1, -0.05) is 24.6 Å². The van der Waals surface area contributed by atoms with Crippen LogP contribution < -0.4 is 5.32 Å². The number of anilines is 1. The van der Waals surface area contributed by atoms with E-state index >= 15 is 0 Å². The van der Waals surface area contributed by atoms with E-state index in [-0.39, 0.29) is 11.4 Å². The number of carbonyl (C=O) groups excluding carboxylic acids is 1. The number of hydrogen-bond donors (Lipinski definition) is 1. The Hall–Kier alpha value is -2.25. The average Bonchev–Trinajstić information content (AvgIpc) is 2.57. The quantitative estimate of drug-likeness (QED) is 0.856. The maximum Gasteiger partial charge on any atom is 0.243 e. The third kappa shape index (κ3) is 4.43. The van der Waals surface area contributed by atoms with Crippen molar-refractivity contribution in [3.05, 3.63) is 59.9 Å². The maximum absolute atomic E-state index is 13.0. The molecule has 0 saturated carbocycles. The Kier molecular flexibility index (Phi) is 5.92. The largest absolute Gasteiger partial charge is 0.325 e. The molecule has 2 rings (SSSR count). The highest BCUT2D eigenvalue weighted by atomic mass is 32.2. The summed E-state index contributed by atoms with van der Waals surface area (Å²) in [5, 5.41) is 2.71. The van der Waals surface area contributed by atoms with E-state index in [0.717, 1.165) is 22.0 Å². The van der Waals surface area contributed by atoms with Crippen LogP contribution in [0.2, 0.25) is 0 Å². The van der Waals surface area contributed by atoms with E-state index in [9.17, 15) is 17.6 Å². The molecule has 1 atom stereocenters. The number of carbonyl (C=O) groups is 1. The fourth-order valence-corrected chi connectivity index (χ4v) is 4.01. The van der Waals surface area contributed by atoms with Crippen molar-refractivity contribution in [2.24, 2.45) is 0 Å². The van der Waals surface area contributed by atoms with Gasteiger partial charge in [0.2, 0.25) is 15.9 Å². The van der Waals surface area contributed by atoms with Crippen molar-refractivity contribution in [3.8, 4) is 0 Å². The number of benzene rings is 2. The van der Waals surface area contributed by atoms with Gasteiger partial charge in [0.05, 0.1) is 4.90 Å². The second-order valence-electron chi connectivity index (χ2n) is 5.69. The molecule has 0 spiro atoms. The summed E-state index contributed by atoms with van der Waals surface area (Å²) in [5.74, 6) is -0.955. The van der Waals surface area contributed by atoms with Crippen LogP contribution in [0.15, 0.2) is 53.4 Å². The number of amides is 1. The Morgan fingerprint density at radius 3 is 2.20 bits per heavy atom. The molecule has 0 aliphatic rings. The van der Waals surface area contributed by atoms with Gasteiger partial charge in [0.15, 0.2) is 0 Å². The molecule has 134 valence electrons. The van der Waals surface area contributed by atoms with Crippen LogP contribution in [0.1, 0.15) is 19.4 Å². The van der Waals surface area contributed by atoms with Gasteiger partial charge in [0.1, 0.15) is 11.9 Å². The van der Waals surface area contributed by atoms with Gasteiger partial charge in [0, 0.05) is 12.2 Å². The van der Waals surface area contributed by atoms with Crippen LogP contribution in [0, 0.1) is 12.7 Å². The van der Waals surface area contributed by atoms with Crippen LogP contribution >= 0.6 is 0 Å². The number of halogens is 1. The highest BCUT2D eigenvalue weighted by Gasteiger charge is 2.31. The Morgan fingerprint density at radius 1 is 1.12 bits per heavy atom. The molecule has 0 fully saturated rings. The zero-order valence-electron chi connectivity index (χ0n) is 14.4. The Labute approximate surface area is 147 Å². The zero-order valence-corrected chi connectivity index (χ0v) is 15.2. The van der Waals surface area contributed by atoms with Crippen molar-refractivity contribution in [3.63, 3.8) is 0 Å². The molecule has 0 aliphatic heterocycles. The first kappa shape index (κ1) is 19.1. The van der Waals surface area contributed by atoms with Crippen LogP contribution in [0.25, 0.3) is 0 Å². The van der Waals surface area contributed by atoms with Gasteiger partial charge in [-0.15, -0.1) is 0 Å². The van der Waals surface area contributed by atoms with Gasteiger partial charge in [-0.2, -0.15) is 4.31 Å². The molecule has 0 bridgehead atoms. The Bertz CT molecular complexity index is 834. The number of sulfonamides is 1. The molecule has 25 heavy (non-hydrogen) atoms. The third-order valence-corrected chi connectivity index (χ3v) is 5.92. The van der Waals surface area contributed by atoms with Crippen molar-refractivity contribution < 1.29 is 17.6 Å². The van der Waals surface area contributed by atoms with E-state index in [0.29, 0.717) is 5.69 Å². The van der Waals surface area contributed by atoms with Gasteiger partial charge in [-0.05, 0) is 50.2 Å². The number of rotatable bonds is 6. The van der Waals surface area contributed by atoms with Crippen molar-refractivity contribution in [2.75, 3.05) is 11.9 Å². The molecule has 0 unspecified atom stereocenters. The molecule has 2 aromatic carbocycles. The number of likely N-dealkylation sites (N-methyl/N-ethyl adjacent to an activating group) is 1. The van der Waals surface area contributed by atoms with Crippen LogP contribution in [0.5, 0.6) is 0 Å². The highest BCUT2D eigenvalue weighted by Crippen LogP contribution is 2.19. The van der Waals surface area contributed by atoms with E-state index in [1.54, 1.807) is 19.1 Å². The molecular formula is C18H21FN2O3S. The lowest BCUT2D eigenvalue weighted by atomic mass is 10.2. The first-order chi connectivity index (χ1) is 11.8. The lowest BCUT2D eigenvalue weighted by molar-refractivity contribution is -0.119. The Morgan fingerprint density at radius 2 is 1.68 bits per heavy atom. The van der Waals surface area contributed by atoms with Crippen LogP contribution in [0.3, 0.4) is 0 Å². The van der Waals surface area contributed by atoms with Gasteiger partial charge < -0.3 is 5.32 Å². The summed E-state index contributed by atoms with van der Waals surface area (Å²) < 4.78 is 39.6. The number of nitrogens with one attached hydrogen (secondary N) is 1. The monoisotopic (exact) mass is 364 g/mol. The topological polar surface area (TPSA) is 66.5 Å². The average molecular weight is 364 g/mol. The zero-order chi connectivity index (χ0) is 18.6. The van der Waals surface area contributed by atoms with Crippen molar-refractivity contribution in [1.82, 2.24) is 4.31 Å². The normalized spacial score (nSPS) is 12.8. The molecule has 5 nitrogen and oxygen atoms in total. The van der Waals surface area contributed by atoms with Crippen molar-refractivity contribution in [1.29, 1.82) is 0 Å². The van der Waals surface area contributed by atoms with Crippen molar-refractivity contribution in [2.45, 2.75) is 31.7 Å². The van der Waals surface area contributed by atoms with Gasteiger partial charge in [-0.25, -0.2) is 12.8 Å². The molecule has 0 radical (unpaired) electrons. The molecule has 0 saturated heterocycles. The van der Waals surface area contributed by atoms with Gasteiger partial charge in [0.25, 0.3) is 0 Å². The fourth-order valence-electron chi connectivity index (χ4n) is 2.41. The molecule has 2 aromatic rings. The summed E-state index contributed by atoms with van der Waals surface area (Å²) in [7, 11) is -3.91. The summed E-state index contributed by atoms with van der Waals surface area (Å²) in [5.41, 5.74) is 1.65. The maximum atomic E-state index is 13.0. The van der Waals surface area contributed by atoms with E-state index in [4.69, 9.17) is 0 Å². The van der Waals surface area contributed by atoms with Gasteiger partial charge in [-0.3, -0.25) is 4.79 Å². The number of hydrogen-bond acceptors (Lipinski definition) is 3.